The highest BCUT2D eigenvalue weighted by atomic mass is 79.9. The fourth-order valence-corrected chi connectivity index (χ4v) is 2.46. The van der Waals surface area contributed by atoms with Crippen molar-refractivity contribution in [2.45, 2.75) is 31.7 Å². The lowest BCUT2D eigenvalue weighted by atomic mass is 10.2. The molecule has 0 N–H and O–H groups in total. The average Bonchev–Trinajstić information content (AvgIpc) is 2.74. The van der Waals surface area contributed by atoms with Crippen molar-refractivity contribution in [2.24, 2.45) is 0 Å². The number of benzene rings is 1. The van der Waals surface area contributed by atoms with Crippen molar-refractivity contribution in [1.82, 2.24) is 4.57 Å². The van der Waals surface area contributed by atoms with Gasteiger partial charge in [0, 0.05) is 17.1 Å². The minimum absolute atomic E-state index is 0.0305. The van der Waals surface area contributed by atoms with Gasteiger partial charge in [0.2, 0.25) is 0 Å². The van der Waals surface area contributed by atoms with Gasteiger partial charge in [-0.05, 0) is 32.9 Å². The van der Waals surface area contributed by atoms with Crippen molar-refractivity contribution in [3.8, 4) is 0 Å². The van der Waals surface area contributed by atoms with Crippen LogP contribution >= 0.6 is 15.9 Å². The summed E-state index contributed by atoms with van der Waals surface area (Å²) >= 11 is 3.30. The van der Waals surface area contributed by atoms with Gasteiger partial charge in [-0.2, -0.15) is 0 Å². The van der Waals surface area contributed by atoms with E-state index in [9.17, 15) is 14.9 Å². The summed E-state index contributed by atoms with van der Waals surface area (Å²) in [6.45, 7) is 5.31. The Hall–Kier alpha value is -1.89. The van der Waals surface area contributed by atoms with Crippen LogP contribution in [0.4, 0.5) is 10.5 Å². The number of carbonyl (C=O) groups excluding carboxylic acids is 1. The second-order valence-electron chi connectivity index (χ2n) is 5.55. The van der Waals surface area contributed by atoms with Crippen LogP contribution in [0.1, 0.15) is 26.5 Å². The van der Waals surface area contributed by atoms with E-state index in [-0.39, 0.29) is 5.69 Å². The number of alkyl halides is 1. The number of aromatic nitrogens is 1. The van der Waals surface area contributed by atoms with Crippen LogP contribution in [0.2, 0.25) is 0 Å². The summed E-state index contributed by atoms with van der Waals surface area (Å²) in [6.07, 6.45) is -0.549. The van der Waals surface area contributed by atoms with Gasteiger partial charge in [-0.3, -0.25) is 10.1 Å². The highest BCUT2D eigenvalue weighted by molar-refractivity contribution is 9.08. The molecule has 0 fully saturated rings. The largest absolute Gasteiger partial charge is 0.443 e. The molecule has 2 aromatic rings. The summed E-state index contributed by atoms with van der Waals surface area (Å²) in [5.41, 5.74) is 0.399. The van der Waals surface area contributed by atoms with E-state index in [2.05, 4.69) is 15.9 Å². The molecular formula is C14H15BrN2O4. The summed E-state index contributed by atoms with van der Waals surface area (Å²) in [4.78, 5) is 23.0. The third-order valence-electron chi connectivity index (χ3n) is 2.81. The first-order valence-corrected chi connectivity index (χ1v) is 7.44. The standard InChI is InChI=1S/C14H15BrN2O4/c1-14(2,3)21-13(18)16-9(8-15)7-10-11(16)5-4-6-12(10)17(19)20/h4-7H,8H2,1-3H3. The highest BCUT2D eigenvalue weighted by Gasteiger charge is 2.24. The Morgan fingerprint density at radius 2 is 2.10 bits per heavy atom. The van der Waals surface area contributed by atoms with Crippen LogP contribution in [0.15, 0.2) is 24.3 Å². The van der Waals surface area contributed by atoms with E-state index in [4.69, 9.17) is 4.74 Å². The predicted octanol–water partition coefficient (Wildman–Crippen LogP) is 4.23. The smallest absolute Gasteiger partial charge is 0.419 e. The SMILES string of the molecule is CC(C)(C)OC(=O)n1c(CBr)cc2c([N+](=O)[O-])cccc21. The fraction of sp³-hybridized carbons (Fsp3) is 0.357. The zero-order valence-electron chi connectivity index (χ0n) is 11.9. The van der Waals surface area contributed by atoms with Gasteiger partial charge in [0.15, 0.2) is 0 Å². The molecule has 0 saturated carbocycles. The quantitative estimate of drug-likeness (QED) is 0.459. The van der Waals surface area contributed by atoms with E-state index in [1.807, 2.05) is 0 Å². The molecule has 112 valence electrons. The minimum atomic E-state index is -0.641. The van der Waals surface area contributed by atoms with Gasteiger partial charge in [0.1, 0.15) is 5.60 Å². The van der Waals surface area contributed by atoms with Crippen molar-refractivity contribution in [1.29, 1.82) is 0 Å². The van der Waals surface area contributed by atoms with E-state index < -0.39 is 16.6 Å². The number of carbonyl (C=O) groups is 1. The average molecular weight is 355 g/mol. The molecular weight excluding hydrogens is 340 g/mol. The van der Waals surface area contributed by atoms with Crippen LogP contribution in [0.25, 0.3) is 10.9 Å². The summed E-state index contributed by atoms with van der Waals surface area (Å²) in [5.74, 6) is 0. The Balaban J connectivity index is 2.65. The molecule has 0 aliphatic carbocycles. The van der Waals surface area contributed by atoms with Crippen molar-refractivity contribution >= 4 is 38.6 Å². The number of hydrogen-bond acceptors (Lipinski definition) is 4. The van der Waals surface area contributed by atoms with E-state index in [1.54, 1.807) is 39.0 Å². The second-order valence-corrected chi connectivity index (χ2v) is 6.11. The van der Waals surface area contributed by atoms with Crippen molar-refractivity contribution in [3.63, 3.8) is 0 Å². The summed E-state index contributed by atoms with van der Waals surface area (Å²) < 4.78 is 6.73. The van der Waals surface area contributed by atoms with Gasteiger partial charge in [-0.15, -0.1) is 0 Å². The number of non-ortho nitro benzene ring substituents is 1. The first-order valence-electron chi connectivity index (χ1n) is 6.31. The maximum atomic E-state index is 12.3. The maximum Gasteiger partial charge on any atom is 0.419 e. The van der Waals surface area contributed by atoms with Gasteiger partial charge >= 0.3 is 6.09 Å². The van der Waals surface area contributed by atoms with E-state index in [0.717, 1.165) is 0 Å². The molecule has 1 aromatic heterocycles. The molecule has 2 rings (SSSR count). The number of nitro benzene ring substituents is 1. The molecule has 0 atom stereocenters. The van der Waals surface area contributed by atoms with Crippen molar-refractivity contribution in [2.75, 3.05) is 0 Å². The molecule has 0 unspecified atom stereocenters. The van der Waals surface area contributed by atoms with Crippen LogP contribution in [-0.2, 0) is 10.1 Å². The molecule has 1 aromatic carbocycles. The number of hydrogen-bond donors (Lipinski definition) is 0. The number of rotatable bonds is 2. The molecule has 21 heavy (non-hydrogen) atoms. The Bertz CT molecular complexity index is 716. The molecule has 6 nitrogen and oxygen atoms in total. The fourth-order valence-electron chi connectivity index (χ4n) is 2.05. The first-order chi connectivity index (χ1) is 9.74. The van der Waals surface area contributed by atoms with Crippen molar-refractivity contribution in [3.05, 3.63) is 40.1 Å². The third-order valence-corrected chi connectivity index (χ3v) is 3.38. The molecule has 7 heteroatoms. The van der Waals surface area contributed by atoms with Crippen LogP contribution in [0, 0.1) is 10.1 Å². The maximum absolute atomic E-state index is 12.3. The topological polar surface area (TPSA) is 74.4 Å². The zero-order valence-corrected chi connectivity index (χ0v) is 13.5. The Morgan fingerprint density at radius 3 is 2.62 bits per heavy atom. The van der Waals surface area contributed by atoms with Crippen LogP contribution in [0.5, 0.6) is 0 Å². The lowest BCUT2D eigenvalue weighted by molar-refractivity contribution is -0.383. The molecule has 0 aliphatic heterocycles. The Kier molecular flexibility index (Phi) is 4.04. The Labute approximate surface area is 130 Å². The lowest BCUT2D eigenvalue weighted by Gasteiger charge is -2.20. The number of nitrogens with zero attached hydrogens (tertiary/aromatic N) is 2. The summed E-state index contributed by atoms with van der Waals surface area (Å²) in [6, 6.07) is 6.27. The summed E-state index contributed by atoms with van der Waals surface area (Å²) in [7, 11) is 0. The highest BCUT2D eigenvalue weighted by Crippen LogP contribution is 2.30. The number of halogens is 1. The van der Waals surface area contributed by atoms with Crippen LogP contribution < -0.4 is 0 Å². The molecule has 0 amide bonds. The molecule has 1 heterocycles. The lowest BCUT2D eigenvalue weighted by Crippen LogP contribution is -2.27. The van der Waals surface area contributed by atoms with Crippen LogP contribution in [-0.4, -0.2) is 21.2 Å². The van der Waals surface area contributed by atoms with Gasteiger partial charge < -0.3 is 4.74 Å². The van der Waals surface area contributed by atoms with E-state index >= 15 is 0 Å². The monoisotopic (exact) mass is 354 g/mol. The third kappa shape index (κ3) is 3.07. The zero-order chi connectivity index (χ0) is 15.8. The molecule has 0 radical (unpaired) electrons. The number of nitro groups is 1. The summed E-state index contributed by atoms with van der Waals surface area (Å²) in [5, 5.41) is 11.9. The van der Waals surface area contributed by atoms with Gasteiger partial charge in [-0.25, -0.2) is 9.36 Å². The van der Waals surface area contributed by atoms with E-state index in [1.165, 1.54) is 10.6 Å². The first kappa shape index (κ1) is 15.5. The number of fused-ring (bicyclic) bond motifs is 1. The van der Waals surface area contributed by atoms with Crippen molar-refractivity contribution < 1.29 is 14.5 Å². The predicted molar refractivity (Wildman–Crippen MR) is 82.9 cm³/mol. The molecule has 0 spiro atoms. The van der Waals surface area contributed by atoms with Gasteiger partial charge in [-0.1, -0.05) is 22.0 Å². The molecule has 0 bridgehead atoms. The van der Waals surface area contributed by atoms with E-state index in [0.29, 0.717) is 21.9 Å². The normalized spacial score (nSPS) is 11.6. The minimum Gasteiger partial charge on any atom is -0.443 e. The second kappa shape index (κ2) is 5.48. The van der Waals surface area contributed by atoms with Crippen LogP contribution in [0.3, 0.4) is 0 Å². The van der Waals surface area contributed by atoms with Gasteiger partial charge in [0.25, 0.3) is 5.69 Å². The Morgan fingerprint density at radius 1 is 1.43 bits per heavy atom. The molecule has 0 aliphatic rings. The molecule has 0 saturated heterocycles. The number of ether oxygens (including phenoxy) is 1. The van der Waals surface area contributed by atoms with Gasteiger partial charge in [0.05, 0.1) is 15.8 Å².